The fraction of sp³-hybridized carbons (Fsp3) is 0.533. The summed E-state index contributed by atoms with van der Waals surface area (Å²) >= 11 is 0. The molecule has 110 valence electrons. The fourth-order valence-corrected chi connectivity index (χ4v) is 2.24. The molecule has 1 aromatic rings. The lowest BCUT2D eigenvalue weighted by atomic mass is 10.2. The molecule has 1 heterocycles. The van der Waals surface area contributed by atoms with E-state index >= 15 is 0 Å². The van der Waals surface area contributed by atoms with E-state index in [2.05, 4.69) is 15.0 Å². The first-order chi connectivity index (χ1) is 9.79. The van der Waals surface area contributed by atoms with Crippen LogP contribution in [0.1, 0.15) is 16.8 Å². The Balaban J connectivity index is 1.72. The Bertz CT molecular complexity index is 431. The van der Waals surface area contributed by atoms with Crippen LogP contribution in [-0.4, -0.2) is 57.3 Å². The summed E-state index contributed by atoms with van der Waals surface area (Å²) < 4.78 is 10.4. The number of carbonyl (C=O) groups excluding carboxylic acids is 1. The van der Waals surface area contributed by atoms with E-state index in [1.807, 2.05) is 6.07 Å². The molecule has 5 heteroatoms. The highest BCUT2D eigenvalue weighted by molar-refractivity contribution is 5.89. The predicted molar refractivity (Wildman–Crippen MR) is 77.2 cm³/mol. The molecule has 0 bridgehead atoms. The zero-order valence-corrected chi connectivity index (χ0v) is 11.9. The molecule has 1 N–H and O–H groups in total. The number of hydrogen-bond donors (Lipinski definition) is 1. The van der Waals surface area contributed by atoms with Gasteiger partial charge in [0.05, 0.1) is 19.3 Å². The Hall–Kier alpha value is -1.59. The Morgan fingerprint density at radius 2 is 2.15 bits per heavy atom. The SMILES string of the molecule is COC(=O)c1cccc(OCCCN2CCNCC2)c1. The van der Waals surface area contributed by atoms with Gasteiger partial charge < -0.3 is 19.7 Å². The van der Waals surface area contributed by atoms with Crippen molar-refractivity contribution in [3.8, 4) is 5.75 Å². The van der Waals surface area contributed by atoms with Crippen molar-refractivity contribution in [3.05, 3.63) is 29.8 Å². The molecule has 1 fully saturated rings. The largest absolute Gasteiger partial charge is 0.494 e. The highest BCUT2D eigenvalue weighted by Gasteiger charge is 2.09. The molecule has 0 spiro atoms. The molecular formula is C15H22N2O3. The van der Waals surface area contributed by atoms with Crippen LogP contribution in [0.15, 0.2) is 24.3 Å². The molecule has 2 rings (SSSR count). The second-order valence-corrected chi connectivity index (χ2v) is 4.81. The van der Waals surface area contributed by atoms with Crippen LogP contribution >= 0.6 is 0 Å². The van der Waals surface area contributed by atoms with Crippen LogP contribution < -0.4 is 10.1 Å². The Morgan fingerprint density at radius 3 is 2.90 bits per heavy atom. The summed E-state index contributed by atoms with van der Waals surface area (Å²) in [6, 6.07) is 7.10. The lowest BCUT2D eigenvalue weighted by molar-refractivity contribution is 0.0600. The van der Waals surface area contributed by atoms with Gasteiger partial charge in [0.2, 0.25) is 0 Å². The van der Waals surface area contributed by atoms with Crippen LogP contribution in [-0.2, 0) is 4.74 Å². The zero-order chi connectivity index (χ0) is 14.2. The smallest absolute Gasteiger partial charge is 0.337 e. The Kier molecular flexibility index (Phi) is 5.83. The number of esters is 1. The Labute approximate surface area is 119 Å². The quantitative estimate of drug-likeness (QED) is 0.625. The van der Waals surface area contributed by atoms with Gasteiger partial charge in [0.25, 0.3) is 0 Å². The van der Waals surface area contributed by atoms with Crippen molar-refractivity contribution in [3.63, 3.8) is 0 Å². The normalized spacial score (nSPS) is 15.8. The van der Waals surface area contributed by atoms with Gasteiger partial charge in [-0.1, -0.05) is 6.07 Å². The number of nitrogens with zero attached hydrogens (tertiary/aromatic N) is 1. The molecule has 0 unspecified atom stereocenters. The van der Waals surface area contributed by atoms with Crippen LogP contribution in [0.3, 0.4) is 0 Å². The first-order valence-electron chi connectivity index (χ1n) is 7.04. The van der Waals surface area contributed by atoms with Gasteiger partial charge in [0.1, 0.15) is 5.75 Å². The van der Waals surface area contributed by atoms with Crippen LogP contribution in [0.4, 0.5) is 0 Å². The molecular weight excluding hydrogens is 256 g/mol. The van der Waals surface area contributed by atoms with Gasteiger partial charge in [-0.15, -0.1) is 0 Å². The van der Waals surface area contributed by atoms with Gasteiger partial charge in [-0.3, -0.25) is 0 Å². The minimum Gasteiger partial charge on any atom is -0.494 e. The minimum absolute atomic E-state index is 0.337. The number of piperazine rings is 1. The van der Waals surface area contributed by atoms with Gasteiger partial charge in [-0.05, 0) is 24.6 Å². The summed E-state index contributed by atoms with van der Waals surface area (Å²) in [5, 5.41) is 3.34. The van der Waals surface area contributed by atoms with E-state index in [1.165, 1.54) is 7.11 Å². The van der Waals surface area contributed by atoms with Crippen LogP contribution in [0.2, 0.25) is 0 Å². The third kappa shape index (κ3) is 4.51. The molecule has 1 saturated heterocycles. The van der Waals surface area contributed by atoms with E-state index in [-0.39, 0.29) is 5.97 Å². The number of carbonyl (C=O) groups is 1. The Morgan fingerprint density at radius 1 is 1.35 bits per heavy atom. The number of hydrogen-bond acceptors (Lipinski definition) is 5. The summed E-state index contributed by atoms with van der Waals surface area (Å²) in [4.78, 5) is 13.8. The molecule has 0 radical (unpaired) electrons. The van der Waals surface area contributed by atoms with Crippen molar-refractivity contribution in [1.29, 1.82) is 0 Å². The van der Waals surface area contributed by atoms with Crippen LogP contribution in [0.5, 0.6) is 5.75 Å². The van der Waals surface area contributed by atoms with Crippen LogP contribution in [0.25, 0.3) is 0 Å². The van der Waals surface area contributed by atoms with Crippen LogP contribution in [0, 0.1) is 0 Å². The molecule has 20 heavy (non-hydrogen) atoms. The topological polar surface area (TPSA) is 50.8 Å². The lowest BCUT2D eigenvalue weighted by Crippen LogP contribution is -2.43. The van der Waals surface area contributed by atoms with Gasteiger partial charge in [-0.25, -0.2) is 4.79 Å². The lowest BCUT2D eigenvalue weighted by Gasteiger charge is -2.26. The highest BCUT2D eigenvalue weighted by Crippen LogP contribution is 2.14. The van der Waals surface area contributed by atoms with Crippen molar-refractivity contribution >= 4 is 5.97 Å². The number of benzene rings is 1. The van der Waals surface area contributed by atoms with Crippen molar-refractivity contribution in [2.24, 2.45) is 0 Å². The van der Waals surface area contributed by atoms with E-state index in [1.54, 1.807) is 18.2 Å². The maximum atomic E-state index is 11.4. The third-order valence-corrected chi connectivity index (χ3v) is 3.35. The minimum atomic E-state index is -0.337. The maximum Gasteiger partial charge on any atom is 0.337 e. The first-order valence-corrected chi connectivity index (χ1v) is 7.04. The van der Waals surface area contributed by atoms with E-state index < -0.39 is 0 Å². The average Bonchev–Trinajstić information content (AvgIpc) is 2.52. The van der Waals surface area contributed by atoms with E-state index in [9.17, 15) is 4.79 Å². The molecule has 0 saturated carbocycles. The number of methoxy groups -OCH3 is 1. The molecule has 1 aliphatic rings. The van der Waals surface area contributed by atoms with Gasteiger partial charge in [-0.2, -0.15) is 0 Å². The summed E-state index contributed by atoms with van der Waals surface area (Å²) in [5.41, 5.74) is 0.520. The predicted octanol–water partition coefficient (Wildman–Crippen LogP) is 1.15. The summed E-state index contributed by atoms with van der Waals surface area (Å²) in [7, 11) is 1.38. The summed E-state index contributed by atoms with van der Waals surface area (Å²) in [6.07, 6.45) is 0.989. The molecule has 0 atom stereocenters. The number of ether oxygens (including phenoxy) is 2. The third-order valence-electron chi connectivity index (χ3n) is 3.35. The van der Waals surface area contributed by atoms with E-state index in [0.29, 0.717) is 17.9 Å². The molecule has 1 aromatic carbocycles. The fourth-order valence-electron chi connectivity index (χ4n) is 2.24. The first kappa shape index (κ1) is 14.8. The number of rotatable bonds is 6. The molecule has 0 amide bonds. The van der Waals surface area contributed by atoms with E-state index in [0.717, 1.165) is 39.1 Å². The second-order valence-electron chi connectivity index (χ2n) is 4.81. The van der Waals surface area contributed by atoms with Gasteiger partial charge >= 0.3 is 5.97 Å². The molecule has 0 aliphatic carbocycles. The number of nitrogens with one attached hydrogen (secondary N) is 1. The molecule has 0 aromatic heterocycles. The zero-order valence-electron chi connectivity index (χ0n) is 11.9. The van der Waals surface area contributed by atoms with Crippen molar-refractivity contribution < 1.29 is 14.3 Å². The summed E-state index contributed by atoms with van der Waals surface area (Å²) in [5.74, 6) is 0.379. The van der Waals surface area contributed by atoms with E-state index in [4.69, 9.17) is 4.74 Å². The standard InChI is InChI=1S/C15H22N2O3/c1-19-15(18)13-4-2-5-14(12-13)20-11-3-8-17-9-6-16-7-10-17/h2,4-5,12,16H,3,6-11H2,1H3. The summed E-state index contributed by atoms with van der Waals surface area (Å²) in [6.45, 7) is 6.08. The van der Waals surface area contributed by atoms with Crippen molar-refractivity contribution in [2.75, 3.05) is 46.4 Å². The second kappa shape index (κ2) is 7.87. The molecule has 5 nitrogen and oxygen atoms in total. The van der Waals surface area contributed by atoms with Crippen molar-refractivity contribution in [1.82, 2.24) is 10.2 Å². The van der Waals surface area contributed by atoms with Gasteiger partial charge in [0.15, 0.2) is 0 Å². The monoisotopic (exact) mass is 278 g/mol. The average molecular weight is 278 g/mol. The molecule has 1 aliphatic heterocycles. The maximum absolute atomic E-state index is 11.4. The van der Waals surface area contributed by atoms with Gasteiger partial charge in [0, 0.05) is 32.7 Å². The van der Waals surface area contributed by atoms with Crippen molar-refractivity contribution in [2.45, 2.75) is 6.42 Å². The highest BCUT2D eigenvalue weighted by atomic mass is 16.5.